The zero-order chi connectivity index (χ0) is 17.0. The number of hydrogen-bond acceptors (Lipinski definition) is 2. The van der Waals surface area contributed by atoms with Gasteiger partial charge in [0.1, 0.15) is 0 Å². The van der Waals surface area contributed by atoms with E-state index in [0.717, 1.165) is 24.0 Å². The molecule has 1 aliphatic rings. The first-order chi connectivity index (χ1) is 11.6. The predicted octanol–water partition coefficient (Wildman–Crippen LogP) is 3.39. The second kappa shape index (κ2) is 7.18. The number of hydrogen-bond donors (Lipinski definition) is 2. The van der Waals surface area contributed by atoms with Crippen LogP contribution in [0.5, 0.6) is 0 Å². The molecular formula is C21H25NO2. The lowest BCUT2D eigenvalue weighted by Crippen LogP contribution is -2.37. The highest BCUT2D eigenvalue weighted by molar-refractivity contribution is 5.91. The van der Waals surface area contributed by atoms with Crippen molar-refractivity contribution in [1.82, 2.24) is 5.32 Å². The molecule has 0 saturated heterocycles. The Hall–Kier alpha value is -2.13. The average molecular weight is 323 g/mol. The number of benzene rings is 2. The first-order valence-corrected chi connectivity index (χ1v) is 8.69. The lowest BCUT2D eigenvalue weighted by Gasteiger charge is -2.22. The van der Waals surface area contributed by atoms with E-state index >= 15 is 0 Å². The molecule has 0 aromatic heterocycles. The Balaban J connectivity index is 1.67. The molecule has 2 aromatic rings. The van der Waals surface area contributed by atoms with Crippen LogP contribution < -0.4 is 5.32 Å². The molecule has 24 heavy (non-hydrogen) atoms. The molecule has 1 saturated carbocycles. The van der Waals surface area contributed by atoms with Crippen LogP contribution in [0.4, 0.5) is 0 Å². The number of aliphatic hydroxyl groups is 1. The van der Waals surface area contributed by atoms with Gasteiger partial charge in [0.05, 0.1) is 11.5 Å². The lowest BCUT2D eigenvalue weighted by atomic mass is 9.92. The molecule has 2 unspecified atom stereocenters. The summed E-state index contributed by atoms with van der Waals surface area (Å²) in [6.45, 7) is 2.35. The highest BCUT2D eigenvalue weighted by Gasteiger charge is 2.51. The maximum absolute atomic E-state index is 12.8. The SMILES string of the molecule is CC(O)CC(CNC(=O)C1(c2ccccc2)CC1)c1ccccc1. The first-order valence-electron chi connectivity index (χ1n) is 8.69. The zero-order valence-electron chi connectivity index (χ0n) is 14.1. The Labute approximate surface area is 143 Å². The minimum atomic E-state index is -0.392. The molecule has 0 heterocycles. The van der Waals surface area contributed by atoms with Crippen molar-refractivity contribution in [3.05, 3.63) is 71.8 Å². The fraction of sp³-hybridized carbons (Fsp3) is 0.381. The summed E-state index contributed by atoms with van der Waals surface area (Å²) in [6, 6.07) is 20.1. The van der Waals surface area contributed by atoms with Crippen LogP contribution in [0.25, 0.3) is 0 Å². The van der Waals surface area contributed by atoms with Crippen LogP contribution in [0.3, 0.4) is 0 Å². The number of carbonyl (C=O) groups is 1. The van der Waals surface area contributed by atoms with Gasteiger partial charge in [-0.2, -0.15) is 0 Å². The van der Waals surface area contributed by atoms with Crippen molar-refractivity contribution in [3.63, 3.8) is 0 Å². The van der Waals surface area contributed by atoms with Gasteiger partial charge in [-0.3, -0.25) is 4.79 Å². The molecule has 1 aliphatic carbocycles. The quantitative estimate of drug-likeness (QED) is 0.820. The highest BCUT2D eigenvalue weighted by Crippen LogP contribution is 2.48. The molecule has 2 atom stereocenters. The summed E-state index contributed by atoms with van der Waals surface area (Å²) in [5.74, 6) is 0.238. The Morgan fingerprint density at radius 2 is 1.67 bits per heavy atom. The molecule has 0 bridgehead atoms. The van der Waals surface area contributed by atoms with Crippen molar-refractivity contribution in [2.45, 2.75) is 43.6 Å². The van der Waals surface area contributed by atoms with Gasteiger partial charge in [0.15, 0.2) is 0 Å². The Bertz CT molecular complexity index is 663. The van der Waals surface area contributed by atoms with Crippen LogP contribution in [-0.2, 0) is 10.2 Å². The molecule has 2 aromatic carbocycles. The van der Waals surface area contributed by atoms with Gasteiger partial charge in [0, 0.05) is 12.5 Å². The first kappa shape index (κ1) is 16.7. The van der Waals surface area contributed by atoms with Gasteiger partial charge < -0.3 is 10.4 Å². The smallest absolute Gasteiger partial charge is 0.230 e. The standard InChI is InChI=1S/C21H25NO2/c1-16(23)14-18(17-8-4-2-5-9-17)15-22-20(24)21(12-13-21)19-10-6-3-7-11-19/h2-11,16,18,23H,12-15H2,1H3,(H,22,24). The van der Waals surface area contributed by atoms with Gasteiger partial charge in [0.2, 0.25) is 5.91 Å². The van der Waals surface area contributed by atoms with E-state index in [1.807, 2.05) is 48.5 Å². The molecule has 3 nitrogen and oxygen atoms in total. The molecule has 3 rings (SSSR count). The second-order valence-electron chi connectivity index (χ2n) is 6.85. The number of amides is 1. The Kier molecular flexibility index (Phi) is 5.00. The summed E-state index contributed by atoms with van der Waals surface area (Å²) < 4.78 is 0. The number of aliphatic hydroxyl groups excluding tert-OH is 1. The van der Waals surface area contributed by atoms with E-state index in [2.05, 4.69) is 17.4 Å². The number of nitrogens with one attached hydrogen (secondary N) is 1. The maximum atomic E-state index is 12.8. The number of rotatable bonds is 7. The molecule has 0 aliphatic heterocycles. The van der Waals surface area contributed by atoms with Crippen LogP contribution >= 0.6 is 0 Å². The van der Waals surface area contributed by atoms with Crippen molar-refractivity contribution in [3.8, 4) is 0 Å². The van der Waals surface area contributed by atoms with Crippen molar-refractivity contribution in [2.24, 2.45) is 0 Å². The van der Waals surface area contributed by atoms with Crippen molar-refractivity contribution in [1.29, 1.82) is 0 Å². The maximum Gasteiger partial charge on any atom is 0.230 e. The van der Waals surface area contributed by atoms with Gasteiger partial charge in [0.25, 0.3) is 0 Å². The van der Waals surface area contributed by atoms with Crippen LogP contribution in [0.15, 0.2) is 60.7 Å². The molecule has 1 amide bonds. The molecular weight excluding hydrogens is 298 g/mol. The van der Waals surface area contributed by atoms with E-state index in [9.17, 15) is 9.90 Å². The Morgan fingerprint density at radius 3 is 2.21 bits per heavy atom. The summed E-state index contributed by atoms with van der Waals surface area (Å²) in [5, 5.41) is 12.9. The lowest BCUT2D eigenvalue weighted by molar-refractivity contribution is -0.123. The van der Waals surface area contributed by atoms with Gasteiger partial charge in [-0.1, -0.05) is 60.7 Å². The summed E-state index contributed by atoms with van der Waals surface area (Å²) in [5.41, 5.74) is 1.92. The van der Waals surface area contributed by atoms with E-state index in [0.29, 0.717) is 13.0 Å². The van der Waals surface area contributed by atoms with E-state index in [4.69, 9.17) is 0 Å². The van der Waals surface area contributed by atoms with E-state index in [1.165, 1.54) is 0 Å². The van der Waals surface area contributed by atoms with Crippen molar-refractivity contribution in [2.75, 3.05) is 6.54 Å². The molecule has 0 radical (unpaired) electrons. The van der Waals surface area contributed by atoms with Gasteiger partial charge in [-0.05, 0) is 37.3 Å². The third-order valence-corrected chi connectivity index (χ3v) is 4.92. The van der Waals surface area contributed by atoms with Gasteiger partial charge in [-0.15, -0.1) is 0 Å². The fourth-order valence-corrected chi connectivity index (χ4v) is 3.39. The topological polar surface area (TPSA) is 49.3 Å². The second-order valence-corrected chi connectivity index (χ2v) is 6.85. The summed E-state index contributed by atoms with van der Waals surface area (Å²) in [7, 11) is 0. The summed E-state index contributed by atoms with van der Waals surface area (Å²) >= 11 is 0. The van der Waals surface area contributed by atoms with Crippen molar-refractivity contribution < 1.29 is 9.90 Å². The number of carbonyl (C=O) groups excluding carboxylic acids is 1. The third-order valence-electron chi connectivity index (χ3n) is 4.92. The largest absolute Gasteiger partial charge is 0.393 e. The fourth-order valence-electron chi connectivity index (χ4n) is 3.39. The summed E-state index contributed by atoms with van der Waals surface area (Å²) in [6.07, 6.45) is 2.07. The normalized spacial score (nSPS) is 17.8. The Morgan fingerprint density at radius 1 is 1.08 bits per heavy atom. The van der Waals surface area contributed by atoms with Gasteiger partial charge in [-0.25, -0.2) is 0 Å². The highest BCUT2D eigenvalue weighted by atomic mass is 16.3. The van der Waals surface area contributed by atoms with Crippen LogP contribution in [0.2, 0.25) is 0 Å². The third kappa shape index (κ3) is 3.68. The van der Waals surface area contributed by atoms with E-state index in [1.54, 1.807) is 6.92 Å². The van der Waals surface area contributed by atoms with Crippen LogP contribution in [0.1, 0.15) is 43.2 Å². The molecule has 3 heteroatoms. The minimum Gasteiger partial charge on any atom is -0.393 e. The monoisotopic (exact) mass is 323 g/mol. The molecule has 1 fully saturated rings. The predicted molar refractivity (Wildman–Crippen MR) is 95.8 cm³/mol. The van der Waals surface area contributed by atoms with Crippen molar-refractivity contribution >= 4 is 5.91 Å². The average Bonchev–Trinajstić information content (AvgIpc) is 3.41. The summed E-state index contributed by atoms with van der Waals surface area (Å²) in [4.78, 5) is 12.8. The van der Waals surface area contributed by atoms with Crippen LogP contribution in [-0.4, -0.2) is 23.7 Å². The van der Waals surface area contributed by atoms with E-state index < -0.39 is 6.10 Å². The minimum absolute atomic E-state index is 0.111. The van der Waals surface area contributed by atoms with Crippen LogP contribution in [0, 0.1) is 0 Å². The van der Waals surface area contributed by atoms with Gasteiger partial charge >= 0.3 is 0 Å². The molecule has 0 spiro atoms. The molecule has 2 N–H and O–H groups in total. The van der Waals surface area contributed by atoms with E-state index in [-0.39, 0.29) is 17.2 Å². The molecule has 126 valence electrons. The zero-order valence-corrected chi connectivity index (χ0v) is 14.1.